The maximum Gasteiger partial charge on any atom is 0.0540 e. The lowest BCUT2D eigenvalue weighted by molar-refractivity contribution is 0.151. The second kappa shape index (κ2) is 6.61. The minimum Gasteiger partial charge on any atom is -0.393 e. The minimum atomic E-state index is -0.0938. The van der Waals surface area contributed by atoms with Gasteiger partial charge >= 0.3 is 0 Å². The van der Waals surface area contributed by atoms with Gasteiger partial charge in [0.2, 0.25) is 0 Å². The molecule has 78 valence electrons. The van der Waals surface area contributed by atoms with Crippen molar-refractivity contribution in [2.75, 3.05) is 0 Å². The zero-order valence-electron chi connectivity index (χ0n) is 8.95. The molecule has 0 radical (unpaired) electrons. The fraction of sp³-hybridized carbons (Fsp3) is 0.538. The van der Waals surface area contributed by atoms with Crippen LogP contribution in [0.25, 0.3) is 0 Å². The van der Waals surface area contributed by atoms with Gasteiger partial charge in [0.05, 0.1) is 6.10 Å². The van der Waals surface area contributed by atoms with Crippen molar-refractivity contribution in [1.82, 2.24) is 0 Å². The van der Waals surface area contributed by atoms with E-state index >= 15 is 0 Å². The van der Waals surface area contributed by atoms with Gasteiger partial charge in [0.15, 0.2) is 0 Å². The maximum atomic E-state index is 9.53. The Morgan fingerprint density at radius 3 is 2.50 bits per heavy atom. The van der Waals surface area contributed by atoms with Gasteiger partial charge in [0, 0.05) is 0 Å². The molecule has 0 bridgehead atoms. The summed E-state index contributed by atoms with van der Waals surface area (Å²) >= 11 is 0. The second-order valence-corrected chi connectivity index (χ2v) is 3.82. The lowest BCUT2D eigenvalue weighted by Gasteiger charge is -2.08. The number of benzene rings is 1. The molecule has 0 fully saturated rings. The molecule has 0 saturated carbocycles. The lowest BCUT2D eigenvalue weighted by Crippen LogP contribution is -2.05. The Labute approximate surface area is 86.8 Å². The van der Waals surface area contributed by atoms with Crippen LogP contribution in [0, 0.1) is 0 Å². The maximum absolute atomic E-state index is 9.53. The highest BCUT2D eigenvalue weighted by Crippen LogP contribution is 2.09. The van der Waals surface area contributed by atoms with Crippen LogP contribution in [0.5, 0.6) is 0 Å². The van der Waals surface area contributed by atoms with E-state index in [0.717, 1.165) is 32.1 Å². The molecule has 1 atom stereocenters. The molecule has 1 aromatic rings. The molecular weight excluding hydrogens is 172 g/mol. The molecule has 0 saturated heterocycles. The van der Waals surface area contributed by atoms with Crippen LogP contribution in [-0.2, 0) is 6.42 Å². The van der Waals surface area contributed by atoms with E-state index in [1.807, 2.05) is 6.07 Å². The van der Waals surface area contributed by atoms with E-state index < -0.39 is 0 Å². The number of aryl methyl sites for hydroxylation is 1. The molecule has 0 spiro atoms. The van der Waals surface area contributed by atoms with Crippen LogP contribution in [0.15, 0.2) is 30.3 Å². The zero-order valence-corrected chi connectivity index (χ0v) is 8.95. The standard InChI is InChI=1S/C13H20O/c1-2-7-13(14)11-6-10-12-8-4-3-5-9-12/h3-5,8-9,13-14H,2,6-7,10-11H2,1H3. The Bertz CT molecular complexity index is 230. The van der Waals surface area contributed by atoms with E-state index in [4.69, 9.17) is 0 Å². The number of hydrogen-bond donors (Lipinski definition) is 1. The van der Waals surface area contributed by atoms with Gasteiger partial charge in [-0.25, -0.2) is 0 Å². The largest absolute Gasteiger partial charge is 0.393 e. The Hall–Kier alpha value is -0.820. The van der Waals surface area contributed by atoms with Gasteiger partial charge in [0.1, 0.15) is 0 Å². The molecule has 0 aromatic heterocycles. The van der Waals surface area contributed by atoms with Gasteiger partial charge in [-0.15, -0.1) is 0 Å². The zero-order chi connectivity index (χ0) is 10.2. The predicted molar refractivity (Wildman–Crippen MR) is 60.3 cm³/mol. The summed E-state index contributed by atoms with van der Waals surface area (Å²) in [5, 5.41) is 9.53. The van der Waals surface area contributed by atoms with E-state index in [9.17, 15) is 5.11 Å². The fourth-order valence-electron chi connectivity index (χ4n) is 1.66. The molecule has 0 aliphatic rings. The molecule has 1 N–H and O–H groups in total. The highest BCUT2D eigenvalue weighted by atomic mass is 16.3. The SMILES string of the molecule is CCCC(O)CCCc1ccccc1. The average Bonchev–Trinajstić information content (AvgIpc) is 2.20. The smallest absolute Gasteiger partial charge is 0.0540 e. The van der Waals surface area contributed by atoms with Crippen LogP contribution in [0.1, 0.15) is 38.2 Å². The van der Waals surface area contributed by atoms with Crippen LogP contribution < -0.4 is 0 Å². The first-order valence-corrected chi connectivity index (χ1v) is 5.55. The summed E-state index contributed by atoms with van der Waals surface area (Å²) in [6.07, 6.45) is 5.03. The topological polar surface area (TPSA) is 20.2 Å². The molecule has 1 heteroatoms. The lowest BCUT2D eigenvalue weighted by atomic mass is 10.0. The molecule has 1 aromatic carbocycles. The van der Waals surface area contributed by atoms with E-state index in [1.165, 1.54) is 5.56 Å². The number of rotatable bonds is 6. The van der Waals surface area contributed by atoms with Crippen molar-refractivity contribution in [3.63, 3.8) is 0 Å². The van der Waals surface area contributed by atoms with Crippen molar-refractivity contribution >= 4 is 0 Å². The van der Waals surface area contributed by atoms with E-state index in [2.05, 4.69) is 31.2 Å². The van der Waals surface area contributed by atoms with Gasteiger partial charge in [-0.2, -0.15) is 0 Å². The summed E-state index contributed by atoms with van der Waals surface area (Å²) in [5.41, 5.74) is 1.37. The third-order valence-corrected chi connectivity index (χ3v) is 2.47. The first-order chi connectivity index (χ1) is 6.83. The van der Waals surface area contributed by atoms with E-state index in [-0.39, 0.29) is 6.10 Å². The summed E-state index contributed by atoms with van der Waals surface area (Å²) in [4.78, 5) is 0. The van der Waals surface area contributed by atoms with Crippen LogP contribution in [0.4, 0.5) is 0 Å². The fourth-order valence-corrected chi connectivity index (χ4v) is 1.66. The second-order valence-electron chi connectivity index (χ2n) is 3.82. The van der Waals surface area contributed by atoms with Crippen molar-refractivity contribution in [3.05, 3.63) is 35.9 Å². The Morgan fingerprint density at radius 2 is 1.86 bits per heavy atom. The quantitative estimate of drug-likeness (QED) is 0.734. The van der Waals surface area contributed by atoms with Crippen LogP contribution in [0.3, 0.4) is 0 Å². The van der Waals surface area contributed by atoms with Crippen LogP contribution >= 0.6 is 0 Å². The third-order valence-electron chi connectivity index (χ3n) is 2.47. The summed E-state index contributed by atoms with van der Waals surface area (Å²) in [5.74, 6) is 0. The van der Waals surface area contributed by atoms with Crippen molar-refractivity contribution < 1.29 is 5.11 Å². The highest BCUT2D eigenvalue weighted by molar-refractivity contribution is 5.14. The Morgan fingerprint density at radius 1 is 1.14 bits per heavy atom. The highest BCUT2D eigenvalue weighted by Gasteiger charge is 2.01. The molecule has 1 nitrogen and oxygen atoms in total. The van der Waals surface area contributed by atoms with Gasteiger partial charge in [-0.05, 0) is 31.2 Å². The Balaban J connectivity index is 2.16. The van der Waals surface area contributed by atoms with Crippen LogP contribution in [-0.4, -0.2) is 11.2 Å². The number of aliphatic hydroxyl groups is 1. The molecule has 1 unspecified atom stereocenters. The third kappa shape index (κ3) is 4.43. The van der Waals surface area contributed by atoms with Crippen molar-refractivity contribution in [2.45, 2.75) is 45.1 Å². The number of aliphatic hydroxyl groups excluding tert-OH is 1. The first-order valence-electron chi connectivity index (χ1n) is 5.55. The first kappa shape index (κ1) is 11.3. The van der Waals surface area contributed by atoms with Gasteiger partial charge in [-0.1, -0.05) is 43.7 Å². The Kier molecular flexibility index (Phi) is 5.31. The van der Waals surface area contributed by atoms with Crippen LogP contribution in [0.2, 0.25) is 0 Å². The average molecular weight is 192 g/mol. The van der Waals surface area contributed by atoms with Gasteiger partial charge in [-0.3, -0.25) is 0 Å². The molecule has 0 amide bonds. The summed E-state index contributed by atoms with van der Waals surface area (Å²) in [6, 6.07) is 10.5. The van der Waals surface area contributed by atoms with Crippen molar-refractivity contribution in [1.29, 1.82) is 0 Å². The normalized spacial score (nSPS) is 12.7. The molecule has 0 heterocycles. The number of hydrogen-bond acceptors (Lipinski definition) is 1. The van der Waals surface area contributed by atoms with Crippen molar-refractivity contribution in [2.24, 2.45) is 0 Å². The summed E-state index contributed by atoms with van der Waals surface area (Å²) < 4.78 is 0. The molecule has 0 aliphatic carbocycles. The minimum absolute atomic E-state index is 0.0938. The summed E-state index contributed by atoms with van der Waals surface area (Å²) in [7, 11) is 0. The molecule has 1 rings (SSSR count). The monoisotopic (exact) mass is 192 g/mol. The molecule has 14 heavy (non-hydrogen) atoms. The predicted octanol–water partition coefficient (Wildman–Crippen LogP) is 3.17. The molecule has 0 aliphatic heterocycles. The van der Waals surface area contributed by atoms with E-state index in [0.29, 0.717) is 0 Å². The van der Waals surface area contributed by atoms with Gasteiger partial charge in [0.25, 0.3) is 0 Å². The summed E-state index contributed by atoms with van der Waals surface area (Å²) in [6.45, 7) is 2.11. The molecular formula is C13H20O. The van der Waals surface area contributed by atoms with Crippen molar-refractivity contribution in [3.8, 4) is 0 Å². The van der Waals surface area contributed by atoms with E-state index in [1.54, 1.807) is 0 Å². The van der Waals surface area contributed by atoms with Gasteiger partial charge < -0.3 is 5.11 Å².